The van der Waals surface area contributed by atoms with Gasteiger partial charge >= 0.3 is 0 Å². The van der Waals surface area contributed by atoms with E-state index < -0.39 is 15.2 Å². The van der Waals surface area contributed by atoms with Gasteiger partial charge in [0.2, 0.25) is 0 Å². The summed E-state index contributed by atoms with van der Waals surface area (Å²) in [5.41, 5.74) is 2.64. The molecular weight excluding hydrogens is 318 g/mol. The molecule has 0 aliphatic carbocycles. The average molecular weight is 333 g/mol. The molecule has 0 saturated carbocycles. The van der Waals surface area contributed by atoms with Gasteiger partial charge in [-0.15, -0.1) is 4.41 Å². The van der Waals surface area contributed by atoms with Crippen molar-refractivity contribution in [3.05, 3.63) is 58.8 Å². The average Bonchev–Trinajstić information content (AvgIpc) is 2.68. The quantitative estimate of drug-likeness (QED) is 0.745. The monoisotopic (exact) mass is 333 g/mol. The third-order valence-electron chi connectivity index (χ3n) is 4.33. The van der Waals surface area contributed by atoms with Crippen LogP contribution in [0, 0.1) is 5.21 Å². The summed E-state index contributed by atoms with van der Waals surface area (Å²) in [6, 6.07) is 12.1. The van der Waals surface area contributed by atoms with Crippen LogP contribution in [-0.4, -0.2) is 24.6 Å². The SMILES string of the molecule is O=S1(=O)c2cc([NH+]([O-])O)ccc2N2CCc3ccccc3CN21. The van der Waals surface area contributed by atoms with Crippen LogP contribution in [0.1, 0.15) is 11.1 Å². The van der Waals surface area contributed by atoms with Gasteiger partial charge in [0, 0.05) is 18.7 Å². The summed E-state index contributed by atoms with van der Waals surface area (Å²) < 4.78 is 27.0. The van der Waals surface area contributed by atoms with Crippen LogP contribution in [0.2, 0.25) is 0 Å². The Labute approximate surface area is 133 Å². The first-order valence-electron chi connectivity index (χ1n) is 7.23. The van der Waals surface area contributed by atoms with Crippen molar-refractivity contribution in [2.24, 2.45) is 0 Å². The minimum absolute atomic E-state index is 0.0217. The zero-order valence-electron chi connectivity index (χ0n) is 12.1. The zero-order valence-corrected chi connectivity index (χ0v) is 13.0. The predicted molar refractivity (Wildman–Crippen MR) is 82.4 cm³/mol. The van der Waals surface area contributed by atoms with Gasteiger partial charge in [-0.25, -0.2) is 13.6 Å². The molecule has 0 spiro atoms. The second-order valence-corrected chi connectivity index (χ2v) is 7.43. The Morgan fingerprint density at radius 1 is 1.13 bits per heavy atom. The van der Waals surface area contributed by atoms with Crippen molar-refractivity contribution in [1.82, 2.24) is 4.41 Å². The smallest absolute Gasteiger partial charge is 0.262 e. The largest absolute Gasteiger partial charge is 0.595 e. The number of sulfonamides is 1. The van der Waals surface area contributed by atoms with Crippen LogP contribution >= 0.6 is 0 Å². The number of benzene rings is 2. The number of anilines is 1. The van der Waals surface area contributed by atoms with Crippen molar-refractivity contribution in [1.29, 1.82) is 0 Å². The van der Waals surface area contributed by atoms with Crippen LogP contribution in [-0.2, 0) is 23.0 Å². The topological polar surface area (TPSA) is 88.3 Å². The van der Waals surface area contributed by atoms with Crippen molar-refractivity contribution >= 4 is 21.4 Å². The van der Waals surface area contributed by atoms with Crippen LogP contribution in [0.25, 0.3) is 0 Å². The Bertz CT molecular complexity index is 882. The summed E-state index contributed by atoms with van der Waals surface area (Å²) in [5.74, 6) is 0. The third-order valence-corrected chi connectivity index (χ3v) is 6.09. The molecule has 2 aliphatic rings. The molecule has 1 unspecified atom stereocenters. The molecule has 8 heteroatoms. The molecular formula is C15H15N3O4S. The van der Waals surface area contributed by atoms with Crippen molar-refractivity contribution < 1.29 is 18.9 Å². The molecule has 2 aliphatic heterocycles. The fraction of sp³-hybridized carbons (Fsp3) is 0.200. The van der Waals surface area contributed by atoms with Gasteiger partial charge in [0.25, 0.3) is 10.0 Å². The van der Waals surface area contributed by atoms with E-state index >= 15 is 0 Å². The Hall–Kier alpha value is -1.97. The van der Waals surface area contributed by atoms with Crippen LogP contribution < -0.4 is 10.2 Å². The summed E-state index contributed by atoms with van der Waals surface area (Å²) in [6.07, 6.45) is 0.738. The molecule has 0 radical (unpaired) electrons. The maximum atomic E-state index is 12.8. The van der Waals surface area contributed by atoms with Gasteiger partial charge in [0.1, 0.15) is 4.90 Å². The lowest BCUT2D eigenvalue weighted by Gasteiger charge is -2.25. The highest BCUT2D eigenvalue weighted by molar-refractivity contribution is 7.89. The molecule has 23 heavy (non-hydrogen) atoms. The summed E-state index contributed by atoms with van der Waals surface area (Å²) in [4.78, 5) is 0.0665. The summed E-state index contributed by atoms with van der Waals surface area (Å²) in [7, 11) is -3.73. The van der Waals surface area contributed by atoms with Crippen molar-refractivity contribution in [2.45, 2.75) is 17.9 Å². The van der Waals surface area contributed by atoms with E-state index in [1.807, 2.05) is 24.3 Å². The molecule has 1 atom stereocenters. The predicted octanol–water partition coefficient (Wildman–Crippen LogP) is 0.572. The lowest BCUT2D eigenvalue weighted by atomic mass is 10.1. The normalized spacial score (nSPS) is 20.3. The number of quaternary nitrogens is 1. The lowest BCUT2D eigenvalue weighted by Crippen LogP contribution is -2.99. The Kier molecular flexibility index (Phi) is 3.19. The van der Waals surface area contributed by atoms with Crippen LogP contribution in [0.5, 0.6) is 0 Å². The minimum Gasteiger partial charge on any atom is -0.595 e. The maximum absolute atomic E-state index is 12.8. The molecule has 0 amide bonds. The van der Waals surface area contributed by atoms with Crippen molar-refractivity contribution in [3.8, 4) is 0 Å². The van der Waals surface area contributed by atoms with E-state index in [0.717, 1.165) is 17.5 Å². The lowest BCUT2D eigenvalue weighted by molar-refractivity contribution is -0.991. The summed E-state index contributed by atoms with van der Waals surface area (Å²) in [5, 5.41) is 20.8. The minimum atomic E-state index is -3.73. The van der Waals surface area contributed by atoms with Gasteiger partial charge in [-0.2, -0.15) is 5.23 Å². The van der Waals surface area contributed by atoms with Gasteiger partial charge in [0.15, 0.2) is 5.69 Å². The third kappa shape index (κ3) is 2.15. The first-order chi connectivity index (χ1) is 11.0. The van der Waals surface area contributed by atoms with Gasteiger partial charge < -0.3 is 5.21 Å². The molecule has 0 fully saturated rings. The molecule has 2 aromatic rings. The second-order valence-electron chi connectivity index (χ2n) is 5.61. The molecule has 120 valence electrons. The fourth-order valence-corrected chi connectivity index (χ4v) is 4.84. The molecule has 7 nitrogen and oxygen atoms in total. The number of fused-ring (bicyclic) bond motifs is 4. The standard InChI is InChI=1S/C15H15N3O4S/c19-18(20)13-5-6-14-15(9-13)23(21,22)17-10-12-4-2-1-3-11(12)7-8-16(14)17/h1-6,9,18-19H,7-8,10H2. The number of hydrazine groups is 1. The van der Waals surface area contributed by atoms with E-state index in [1.54, 1.807) is 11.1 Å². The molecule has 0 aromatic heterocycles. The maximum Gasteiger partial charge on any atom is 0.262 e. The van der Waals surface area contributed by atoms with Gasteiger partial charge in [0.05, 0.1) is 12.2 Å². The van der Waals surface area contributed by atoms with Crippen LogP contribution in [0.4, 0.5) is 11.4 Å². The van der Waals surface area contributed by atoms with Crippen LogP contribution in [0.3, 0.4) is 0 Å². The van der Waals surface area contributed by atoms with E-state index in [9.17, 15) is 13.6 Å². The van der Waals surface area contributed by atoms with Gasteiger partial charge in [-0.3, -0.25) is 5.01 Å². The molecule has 2 heterocycles. The van der Waals surface area contributed by atoms with Crippen LogP contribution in [0.15, 0.2) is 47.4 Å². The second kappa shape index (κ2) is 5.02. The van der Waals surface area contributed by atoms with Crippen molar-refractivity contribution in [2.75, 3.05) is 11.6 Å². The van der Waals surface area contributed by atoms with Crippen molar-refractivity contribution in [3.63, 3.8) is 0 Å². The van der Waals surface area contributed by atoms with E-state index in [0.29, 0.717) is 12.2 Å². The highest BCUT2D eigenvalue weighted by Gasteiger charge is 2.42. The molecule has 2 aromatic carbocycles. The summed E-state index contributed by atoms with van der Waals surface area (Å²) in [6.45, 7) is 0.797. The molecule has 4 rings (SSSR count). The van der Waals surface area contributed by atoms with E-state index in [-0.39, 0.29) is 17.1 Å². The van der Waals surface area contributed by atoms with Gasteiger partial charge in [-0.05, 0) is 23.6 Å². The molecule has 0 bridgehead atoms. The van der Waals surface area contributed by atoms with Gasteiger partial charge in [-0.1, -0.05) is 24.3 Å². The number of hydrogen-bond donors (Lipinski definition) is 2. The van der Waals surface area contributed by atoms with E-state index in [4.69, 9.17) is 5.21 Å². The Morgan fingerprint density at radius 2 is 1.87 bits per heavy atom. The van der Waals surface area contributed by atoms with E-state index in [2.05, 4.69) is 0 Å². The zero-order chi connectivity index (χ0) is 16.2. The number of hydrogen-bond acceptors (Lipinski definition) is 5. The molecule has 2 N–H and O–H groups in total. The molecule has 0 saturated heterocycles. The summed E-state index contributed by atoms with van der Waals surface area (Å²) >= 11 is 0. The first-order valence-corrected chi connectivity index (χ1v) is 8.67. The van der Waals surface area contributed by atoms with E-state index in [1.165, 1.54) is 16.5 Å². The fourth-order valence-electron chi connectivity index (χ4n) is 3.16. The first kappa shape index (κ1) is 14.6. The highest BCUT2D eigenvalue weighted by atomic mass is 32.2. The number of nitrogens with zero attached hydrogens (tertiary/aromatic N) is 2. The highest BCUT2D eigenvalue weighted by Crippen LogP contribution is 2.40. The number of nitrogens with one attached hydrogen (secondary N) is 1. The Balaban J connectivity index is 1.83. The Morgan fingerprint density at radius 3 is 2.61 bits per heavy atom. The number of rotatable bonds is 1.